The predicted molar refractivity (Wildman–Crippen MR) is 89.5 cm³/mol. The van der Waals surface area contributed by atoms with E-state index in [9.17, 15) is 0 Å². The average molecular weight is 288 g/mol. The fourth-order valence-corrected chi connectivity index (χ4v) is 2.71. The Kier molecular flexibility index (Phi) is 4.64. The molecule has 0 aromatic heterocycles. The Labute approximate surface area is 132 Å². The molecule has 0 fully saturated rings. The number of rotatable bonds is 3. The number of nitrogens with zero attached hydrogens (tertiary/aromatic N) is 2. The zero-order valence-electron chi connectivity index (χ0n) is 13.5. The Morgan fingerprint density at radius 1 is 0.682 bits per heavy atom. The molecule has 0 aliphatic heterocycles. The van der Waals surface area contributed by atoms with E-state index >= 15 is 0 Å². The third-order valence-electron chi connectivity index (χ3n) is 3.90. The summed E-state index contributed by atoms with van der Waals surface area (Å²) in [5, 5.41) is 18.3. The van der Waals surface area contributed by atoms with Crippen LogP contribution < -0.4 is 0 Å². The molecule has 0 N–H and O–H groups in total. The molecule has 0 saturated carbocycles. The first-order valence-electron chi connectivity index (χ1n) is 7.56. The first-order chi connectivity index (χ1) is 10.5. The molecule has 0 heterocycles. The van der Waals surface area contributed by atoms with Crippen molar-refractivity contribution in [1.29, 1.82) is 10.5 Å². The third-order valence-corrected chi connectivity index (χ3v) is 3.90. The van der Waals surface area contributed by atoms with E-state index in [0.717, 1.165) is 11.1 Å². The second-order valence-electron chi connectivity index (χ2n) is 6.14. The van der Waals surface area contributed by atoms with Crippen molar-refractivity contribution in [3.05, 3.63) is 58.7 Å². The molecule has 0 aliphatic carbocycles. The number of hydrogen-bond donors (Lipinski definition) is 0. The summed E-state index contributed by atoms with van der Waals surface area (Å²) in [6.07, 6.45) is 0. The van der Waals surface area contributed by atoms with Crippen LogP contribution in [0.15, 0.2) is 36.4 Å². The van der Waals surface area contributed by atoms with Gasteiger partial charge in [0.05, 0.1) is 23.3 Å². The minimum atomic E-state index is 0.332. The second kappa shape index (κ2) is 6.46. The monoisotopic (exact) mass is 288 g/mol. The van der Waals surface area contributed by atoms with Gasteiger partial charge in [0.2, 0.25) is 0 Å². The van der Waals surface area contributed by atoms with Gasteiger partial charge in [-0.05, 0) is 58.4 Å². The maximum Gasteiger partial charge on any atom is 0.0991 e. The molecule has 0 atom stereocenters. The lowest BCUT2D eigenvalue weighted by Gasteiger charge is -2.18. The molecule has 0 unspecified atom stereocenters. The van der Waals surface area contributed by atoms with Crippen molar-refractivity contribution < 1.29 is 0 Å². The van der Waals surface area contributed by atoms with Crippen LogP contribution in [-0.2, 0) is 0 Å². The quantitative estimate of drug-likeness (QED) is 0.765. The maximum atomic E-state index is 9.13. The van der Waals surface area contributed by atoms with Gasteiger partial charge < -0.3 is 0 Å². The largest absolute Gasteiger partial charge is 0.192 e. The summed E-state index contributed by atoms with van der Waals surface area (Å²) in [4.78, 5) is 0. The molecule has 0 spiro atoms. The minimum absolute atomic E-state index is 0.332. The van der Waals surface area contributed by atoms with Gasteiger partial charge in [-0.25, -0.2) is 0 Å². The van der Waals surface area contributed by atoms with Gasteiger partial charge in [0, 0.05) is 0 Å². The number of nitriles is 2. The van der Waals surface area contributed by atoms with Crippen LogP contribution in [0.2, 0.25) is 0 Å². The highest BCUT2D eigenvalue weighted by atomic mass is 14.3. The molecule has 0 bridgehead atoms. The van der Waals surface area contributed by atoms with Crippen LogP contribution in [0.25, 0.3) is 11.1 Å². The summed E-state index contributed by atoms with van der Waals surface area (Å²) in [5.41, 5.74) is 6.03. The van der Waals surface area contributed by atoms with Crippen LogP contribution in [0.3, 0.4) is 0 Å². The van der Waals surface area contributed by atoms with E-state index in [1.807, 2.05) is 36.4 Å². The topological polar surface area (TPSA) is 47.6 Å². The first-order valence-corrected chi connectivity index (χ1v) is 7.56. The summed E-state index contributed by atoms with van der Waals surface area (Å²) < 4.78 is 0. The van der Waals surface area contributed by atoms with Gasteiger partial charge in [-0.2, -0.15) is 10.5 Å². The van der Waals surface area contributed by atoms with Crippen LogP contribution in [-0.4, -0.2) is 0 Å². The van der Waals surface area contributed by atoms with Crippen molar-refractivity contribution in [1.82, 2.24) is 0 Å². The Balaban J connectivity index is 2.72. The van der Waals surface area contributed by atoms with Gasteiger partial charge in [-0.1, -0.05) is 39.8 Å². The van der Waals surface area contributed by atoms with E-state index in [-0.39, 0.29) is 0 Å². The predicted octanol–water partition coefficient (Wildman–Crippen LogP) is 5.34. The van der Waals surface area contributed by atoms with E-state index in [0.29, 0.717) is 23.0 Å². The molecule has 0 radical (unpaired) electrons. The highest BCUT2D eigenvalue weighted by molar-refractivity contribution is 5.73. The summed E-state index contributed by atoms with van der Waals surface area (Å²) in [5.74, 6) is 0.665. The molecule has 2 heteroatoms. The molecule has 0 aliphatic rings. The fourth-order valence-electron chi connectivity index (χ4n) is 2.71. The molecule has 2 rings (SSSR count). The second-order valence-corrected chi connectivity index (χ2v) is 6.14. The first kappa shape index (κ1) is 15.8. The highest BCUT2D eigenvalue weighted by Gasteiger charge is 2.15. The molecule has 2 aromatic carbocycles. The van der Waals surface area contributed by atoms with Gasteiger partial charge >= 0.3 is 0 Å². The van der Waals surface area contributed by atoms with Crippen molar-refractivity contribution in [3.63, 3.8) is 0 Å². The Hall–Kier alpha value is -2.58. The van der Waals surface area contributed by atoms with Crippen LogP contribution in [0.4, 0.5) is 0 Å². The van der Waals surface area contributed by atoms with Crippen molar-refractivity contribution in [3.8, 4) is 23.3 Å². The fraction of sp³-hybridized carbons (Fsp3) is 0.300. The number of hydrogen-bond acceptors (Lipinski definition) is 2. The smallest absolute Gasteiger partial charge is 0.0991 e. The van der Waals surface area contributed by atoms with Crippen LogP contribution in [0.1, 0.15) is 61.8 Å². The Morgan fingerprint density at radius 3 is 1.32 bits per heavy atom. The van der Waals surface area contributed by atoms with E-state index < -0.39 is 0 Å². The minimum Gasteiger partial charge on any atom is -0.192 e. The van der Waals surface area contributed by atoms with E-state index in [4.69, 9.17) is 10.5 Å². The SMILES string of the molecule is CC(C)c1cc(C#N)ccc1-c1ccc(C#N)cc1C(C)C. The average Bonchev–Trinajstić information content (AvgIpc) is 2.53. The summed E-state index contributed by atoms with van der Waals surface area (Å²) in [7, 11) is 0. The lowest BCUT2D eigenvalue weighted by molar-refractivity contribution is 0.856. The van der Waals surface area contributed by atoms with Crippen molar-refractivity contribution in [2.75, 3.05) is 0 Å². The molecule has 110 valence electrons. The van der Waals surface area contributed by atoms with E-state index in [1.54, 1.807) is 0 Å². The van der Waals surface area contributed by atoms with Gasteiger partial charge in [0.25, 0.3) is 0 Å². The number of benzene rings is 2. The standard InChI is InChI=1S/C20H20N2/c1-13(2)19-9-15(11-21)5-7-17(19)18-8-6-16(12-22)10-20(18)14(3)4/h5-10,13-14H,1-4H3. The highest BCUT2D eigenvalue weighted by Crippen LogP contribution is 2.35. The van der Waals surface area contributed by atoms with Crippen molar-refractivity contribution in [2.24, 2.45) is 0 Å². The lowest BCUT2D eigenvalue weighted by Crippen LogP contribution is -1.99. The molecule has 0 saturated heterocycles. The maximum absolute atomic E-state index is 9.13. The molecule has 22 heavy (non-hydrogen) atoms. The molecule has 2 aromatic rings. The van der Waals surface area contributed by atoms with Crippen molar-refractivity contribution in [2.45, 2.75) is 39.5 Å². The summed E-state index contributed by atoms with van der Waals surface area (Å²) in [6, 6.07) is 16.2. The lowest BCUT2D eigenvalue weighted by atomic mass is 9.85. The zero-order chi connectivity index (χ0) is 16.3. The van der Waals surface area contributed by atoms with Crippen LogP contribution in [0, 0.1) is 22.7 Å². The van der Waals surface area contributed by atoms with E-state index in [2.05, 4.69) is 39.8 Å². The summed E-state index contributed by atoms with van der Waals surface area (Å²) >= 11 is 0. The van der Waals surface area contributed by atoms with E-state index in [1.165, 1.54) is 11.1 Å². The van der Waals surface area contributed by atoms with Crippen LogP contribution >= 0.6 is 0 Å². The van der Waals surface area contributed by atoms with Crippen LogP contribution in [0.5, 0.6) is 0 Å². The van der Waals surface area contributed by atoms with Crippen molar-refractivity contribution >= 4 is 0 Å². The summed E-state index contributed by atoms with van der Waals surface area (Å²) in [6.45, 7) is 8.55. The Morgan fingerprint density at radius 2 is 1.05 bits per heavy atom. The molecule has 2 nitrogen and oxygen atoms in total. The Bertz CT molecular complexity index is 704. The van der Waals surface area contributed by atoms with Gasteiger partial charge in [0.1, 0.15) is 0 Å². The molecular formula is C20H20N2. The van der Waals surface area contributed by atoms with Gasteiger partial charge in [-0.3, -0.25) is 0 Å². The van der Waals surface area contributed by atoms with Gasteiger partial charge in [-0.15, -0.1) is 0 Å². The van der Waals surface area contributed by atoms with Gasteiger partial charge in [0.15, 0.2) is 0 Å². The normalized spacial score (nSPS) is 10.5. The molecular weight excluding hydrogens is 268 g/mol. The zero-order valence-corrected chi connectivity index (χ0v) is 13.5. The molecule has 0 amide bonds. The third kappa shape index (κ3) is 3.02.